The van der Waals surface area contributed by atoms with Crippen molar-refractivity contribution in [2.24, 2.45) is 0 Å². The molecule has 3 heterocycles. The largest absolute Gasteiger partial charge is 0.478 e. The average Bonchev–Trinajstić information content (AvgIpc) is 3.27. The summed E-state index contributed by atoms with van der Waals surface area (Å²) in [4.78, 5) is 18.7. The monoisotopic (exact) mass is 448 g/mol. The molecule has 0 bridgehead atoms. The predicted molar refractivity (Wildman–Crippen MR) is 129 cm³/mol. The fourth-order valence-electron chi connectivity index (χ4n) is 4.62. The van der Waals surface area contributed by atoms with Gasteiger partial charge in [-0.3, -0.25) is 4.98 Å². The van der Waals surface area contributed by atoms with E-state index in [0.29, 0.717) is 5.69 Å². The highest BCUT2D eigenvalue weighted by Gasteiger charge is 2.41. The summed E-state index contributed by atoms with van der Waals surface area (Å²) < 4.78 is 2.04. The second-order valence-corrected chi connectivity index (χ2v) is 8.54. The van der Waals surface area contributed by atoms with E-state index < -0.39 is 5.97 Å². The standard InChI is InChI=1S/C25H28N4O2S/c1-4-5-14-28-23(22(27-25(28)32)20-11-8-9-13-26-20)19-15-16(2)29(17(19)3)21-12-7-6-10-18(21)24(30)31/h6-13,15,22-23H,4-5,14H2,1-3H3,(H,27,32)(H,30,31)/t22-,23+/m1/s1. The minimum atomic E-state index is -0.936. The smallest absolute Gasteiger partial charge is 0.337 e. The Kier molecular flexibility index (Phi) is 6.28. The lowest BCUT2D eigenvalue weighted by Gasteiger charge is -2.28. The van der Waals surface area contributed by atoms with Crippen molar-refractivity contribution < 1.29 is 9.90 Å². The first kappa shape index (κ1) is 22.0. The number of hydrogen-bond donors (Lipinski definition) is 2. The molecule has 0 spiro atoms. The zero-order valence-corrected chi connectivity index (χ0v) is 19.4. The second kappa shape index (κ2) is 9.12. The van der Waals surface area contributed by atoms with E-state index in [0.717, 1.165) is 47.1 Å². The molecule has 1 aliphatic heterocycles. The lowest BCUT2D eigenvalue weighted by atomic mass is 9.96. The Morgan fingerprint density at radius 1 is 1.19 bits per heavy atom. The molecule has 7 heteroatoms. The third-order valence-corrected chi connectivity index (χ3v) is 6.47. The number of benzene rings is 1. The number of carboxylic acid groups (broad SMARTS) is 1. The zero-order chi connectivity index (χ0) is 22.8. The SMILES string of the molecule is CCCCN1C(=S)N[C@H](c2ccccn2)[C@@H]1c1cc(C)n(-c2ccccc2C(=O)O)c1C. The summed E-state index contributed by atoms with van der Waals surface area (Å²) in [6.45, 7) is 7.09. The van der Waals surface area contributed by atoms with E-state index in [-0.39, 0.29) is 17.6 Å². The molecule has 0 unspecified atom stereocenters. The number of carbonyl (C=O) groups is 1. The lowest BCUT2D eigenvalue weighted by Crippen LogP contribution is -2.30. The molecule has 1 saturated heterocycles. The maximum Gasteiger partial charge on any atom is 0.337 e. The number of aryl methyl sites for hydroxylation is 1. The Bertz CT molecular complexity index is 1140. The number of rotatable bonds is 7. The van der Waals surface area contributed by atoms with Crippen LogP contribution in [0.5, 0.6) is 0 Å². The van der Waals surface area contributed by atoms with Gasteiger partial charge in [-0.1, -0.05) is 31.5 Å². The van der Waals surface area contributed by atoms with Crippen LogP contribution in [-0.2, 0) is 0 Å². The average molecular weight is 449 g/mol. The third kappa shape index (κ3) is 3.88. The van der Waals surface area contributed by atoms with Crippen LogP contribution < -0.4 is 5.32 Å². The number of unbranched alkanes of at least 4 members (excludes halogenated alkanes) is 1. The highest BCUT2D eigenvalue weighted by Crippen LogP contribution is 2.41. The van der Waals surface area contributed by atoms with Crippen LogP contribution in [0, 0.1) is 13.8 Å². The van der Waals surface area contributed by atoms with Gasteiger partial charge in [-0.15, -0.1) is 0 Å². The summed E-state index contributed by atoms with van der Waals surface area (Å²) in [5.41, 5.74) is 5.01. The minimum absolute atomic E-state index is 0.0270. The van der Waals surface area contributed by atoms with Gasteiger partial charge in [-0.05, 0) is 68.4 Å². The molecule has 1 aliphatic rings. The van der Waals surface area contributed by atoms with E-state index in [1.807, 2.05) is 41.8 Å². The predicted octanol–water partition coefficient (Wildman–Crippen LogP) is 4.96. The van der Waals surface area contributed by atoms with Crippen molar-refractivity contribution in [3.8, 4) is 5.69 Å². The maximum absolute atomic E-state index is 11.9. The van der Waals surface area contributed by atoms with Crippen molar-refractivity contribution in [3.05, 3.63) is 82.9 Å². The van der Waals surface area contributed by atoms with E-state index in [9.17, 15) is 9.90 Å². The fourth-order valence-corrected chi connectivity index (χ4v) is 4.95. The molecule has 2 aromatic heterocycles. The highest BCUT2D eigenvalue weighted by molar-refractivity contribution is 7.80. The number of aromatic carboxylic acids is 1. The number of carboxylic acids is 1. The molecule has 0 radical (unpaired) electrons. The van der Waals surface area contributed by atoms with E-state index >= 15 is 0 Å². The Morgan fingerprint density at radius 3 is 2.62 bits per heavy atom. The fraction of sp³-hybridized carbons (Fsp3) is 0.320. The Labute approximate surface area is 193 Å². The van der Waals surface area contributed by atoms with Crippen LogP contribution >= 0.6 is 12.2 Å². The summed E-state index contributed by atoms with van der Waals surface area (Å²) in [7, 11) is 0. The molecular formula is C25H28N4O2S. The number of nitrogens with zero attached hydrogens (tertiary/aromatic N) is 3. The van der Waals surface area contributed by atoms with Crippen LogP contribution in [0.1, 0.15) is 64.9 Å². The van der Waals surface area contributed by atoms with Crippen LogP contribution in [0.4, 0.5) is 0 Å². The van der Waals surface area contributed by atoms with Gasteiger partial charge in [-0.2, -0.15) is 0 Å². The summed E-state index contributed by atoms with van der Waals surface area (Å²) in [6, 6.07) is 15.1. The van der Waals surface area contributed by atoms with Gasteiger partial charge in [0.2, 0.25) is 0 Å². The molecule has 0 aliphatic carbocycles. The molecule has 1 fully saturated rings. The number of pyridine rings is 1. The van der Waals surface area contributed by atoms with Crippen molar-refractivity contribution in [1.82, 2.24) is 19.8 Å². The van der Waals surface area contributed by atoms with Gasteiger partial charge in [0.1, 0.15) is 0 Å². The van der Waals surface area contributed by atoms with Crippen molar-refractivity contribution in [1.29, 1.82) is 0 Å². The van der Waals surface area contributed by atoms with Gasteiger partial charge in [0, 0.05) is 24.1 Å². The molecule has 0 saturated carbocycles. The van der Waals surface area contributed by atoms with Gasteiger partial charge in [0.05, 0.1) is 29.0 Å². The number of nitrogens with one attached hydrogen (secondary N) is 1. The Morgan fingerprint density at radius 2 is 1.94 bits per heavy atom. The topological polar surface area (TPSA) is 70.4 Å². The first-order valence-corrected chi connectivity index (χ1v) is 11.3. The van der Waals surface area contributed by atoms with Crippen molar-refractivity contribution in [3.63, 3.8) is 0 Å². The van der Waals surface area contributed by atoms with Gasteiger partial charge in [0.25, 0.3) is 0 Å². The molecule has 3 aromatic rings. The van der Waals surface area contributed by atoms with E-state index in [1.54, 1.807) is 18.3 Å². The normalized spacial score (nSPS) is 18.1. The summed E-state index contributed by atoms with van der Waals surface area (Å²) in [5, 5.41) is 14.0. The number of hydrogen-bond acceptors (Lipinski definition) is 3. The van der Waals surface area contributed by atoms with E-state index in [2.05, 4.69) is 35.1 Å². The van der Waals surface area contributed by atoms with Crippen molar-refractivity contribution >= 4 is 23.3 Å². The van der Waals surface area contributed by atoms with Crippen LogP contribution in [0.3, 0.4) is 0 Å². The van der Waals surface area contributed by atoms with Crippen molar-refractivity contribution in [2.75, 3.05) is 6.54 Å². The molecule has 2 atom stereocenters. The van der Waals surface area contributed by atoms with Crippen molar-refractivity contribution in [2.45, 2.75) is 45.7 Å². The van der Waals surface area contributed by atoms with Gasteiger partial charge < -0.3 is 19.9 Å². The van der Waals surface area contributed by atoms with Crippen LogP contribution in [0.15, 0.2) is 54.7 Å². The molecule has 2 N–H and O–H groups in total. The van der Waals surface area contributed by atoms with Crippen LogP contribution in [-0.4, -0.2) is 37.2 Å². The highest BCUT2D eigenvalue weighted by atomic mass is 32.1. The number of aromatic nitrogens is 2. The van der Waals surface area contributed by atoms with Gasteiger partial charge in [-0.25, -0.2) is 4.79 Å². The summed E-state index contributed by atoms with van der Waals surface area (Å²) in [6.07, 6.45) is 3.91. The van der Waals surface area contributed by atoms with Gasteiger partial charge in [0.15, 0.2) is 5.11 Å². The number of thiocarbonyl (C=S) groups is 1. The maximum atomic E-state index is 11.9. The van der Waals surface area contributed by atoms with E-state index in [1.165, 1.54) is 0 Å². The lowest BCUT2D eigenvalue weighted by molar-refractivity contribution is 0.0697. The van der Waals surface area contributed by atoms with Crippen LogP contribution in [0.25, 0.3) is 5.69 Å². The first-order valence-electron chi connectivity index (χ1n) is 10.9. The summed E-state index contributed by atoms with van der Waals surface area (Å²) in [5.74, 6) is -0.936. The first-order chi connectivity index (χ1) is 15.4. The molecule has 1 aromatic carbocycles. The molecule has 6 nitrogen and oxygen atoms in total. The summed E-state index contributed by atoms with van der Waals surface area (Å²) >= 11 is 5.74. The minimum Gasteiger partial charge on any atom is -0.478 e. The zero-order valence-electron chi connectivity index (χ0n) is 18.6. The molecule has 166 valence electrons. The van der Waals surface area contributed by atoms with Crippen LogP contribution in [0.2, 0.25) is 0 Å². The molecule has 32 heavy (non-hydrogen) atoms. The number of para-hydroxylation sites is 1. The second-order valence-electron chi connectivity index (χ2n) is 8.16. The molecular weight excluding hydrogens is 420 g/mol. The molecule has 4 rings (SSSR count). The Hall–Kier alpha value is -3.19. The molecule has 0 amide bonds. The third-order valence-electron chi connectivity index (χ3n) is 6.11. The van der Waals surface area contributed by atoms with Gasteiger partial charge >= 0.3 is 5.97 Å². The Balaban J connectivity index is 1.85. The quantitative estimate of drug-likeness (QED) is 0.498. The van der Waals surface area contributed by atoms with E-state index in [4.69, 9.17) is 12.2 Å².